The van der Waals surface area contributed by atoms with Crippen LogP contribution < -0.4 is 0 Å². The number of hydrogen-bond acceptors (Lipinski definition) is 1. The first-order chi connectivity index (χ1) is 5.67. The van der Waals surface area contributed by atoms with Gasteiger partial charge in [0, 0.05) is 0 Å². The molecule has 0 aromatic rings. The summed E-state index contributed by atoms with van der Waals surface area (Å²) in [7, 11) is 0. The normalized spacial score (nSPS) is 15.9. The Morgan fingerprint density at radius 1 is 1.15 bits per heavy atom. The Balaban J connectivity index is 4.02. The van der Waals surface area contributed by atoms with Crippen LogP contribution in [-0.2, 0) is 0 Å². The first-order valence-corrected chi connectivity index (χ1v) is 5.55. The highest BCUT2D eigenvalue weighted by molar-refractivity contribution is 7.99. The number of hydrogen-bond donors (Lipinski definition) is 0. The average Bonchev–Trinajstić information content (AvgIpc) is 1.82. The lowest BCUT2D eigenvalue weighted by molar-refractivity contribution is -0.130. The van der Waals surface area contributed by atoms with Crippen molar-refractivity contribution in [1.82, 2.24) is 0 Å². The maximum absolute atomic E-state index is 12.3. The molecule has 0 aliphatic heterocycles. The summed E-state index contributed by atoms with van der Waals surface area (Å²) in [5, 5.41) is -1.20. The molecule has 0 rings (SSSR count). The van der Waals surface area contributed by atoms with Gasteiger partial charge in [-0.2, -0.15) is 24.9 Å². The first-order valence-electron chi connectivity index (χ1n) is 4.26. The summed E-state index contributed by atoms with van der Waals surface area (Å²) >= 11 is 0.893. The van der Waals surface area contributed by atoms with E-state index in [0.717, 1.165) is 11.8 Å². The molecule has 0 fully saturated rings. The van der Waals surface area contributed by atoms with Gasteiger partial charge in [0.1, 0.15) is 5.25 Å². The van der Waals surface area contributed by atoms with Crippen molar-refractivity contribution >= 4 is 11.8 Å². The molecule has 0 saturated heterocycles. The molecule has 0 aliphatic carbocycles. The molecule has 80 valence electrons. The van der Waals surface area contributed by atoms with Gasteiger partial charge < -0.3 is 0 Å². The molecule has 0 nitrogen and oxygen atoms in total. The van der Waals surface area contributed by atoms with Crippen LogP contribution in [0.5, 0.6) is 0 Å². The largest absolute Gasteiger partial charge is 0.400 e. The van der Waals surface area contributed by atoms with Crippen molar-refractivity contribution in [2.24, 2.45) is 5.41 Å². The van der Waals surface area contributed by atoms with Crippen molar-refractivity contribution in [2.75, 3.05) is 6.26 Å². The number of halogens is 3. The van der Waals surface area contributed by atoms with Gasteiger partial charge in [-0.3, -0.25) is 0 Å². The van der Waals surface area contributed by atoms with E-state index >= 15 is 0 Å². The van der Waals surface area contributed by atoms with Crippen molar-refractivity contribution in [2.45, 2.75) is 45.0 Å². The SMILES string of the molecule is CSC(CCC(C)(C)C)C(F)(F)F. The minimum absolute atomic E-state index is 0.0147. The quantitative estimate of drug-likeness (QED) is 0.681. The Hall–Kier alpha value is 0.140. The maximum Gasteiger partial charge on any atom is 0.400 e. The molecule has 0 N–H and O–H groups in total. The van der Waals surface area contributed by atoms with E-state index in [1.807, 2.05) is 20.8 Å². The Morgan fingerprint density at radius 2 is 1.62 bits per heavy atom. The van der Waals surface area contributed by atoms with Gasteiger partial charge in [-0.05, 0) is 24.5 Å². The van der Waals surface area contributed by atoms with Crippen molar-refractivity contribution < 1.29 is 13.2 Å². The fourth-order valence-corrected chi connectivity index (χ4v) is 1.60. The highest BCUT2D eigenvalue weighted by atomic mass is 32.2. The fraction of sp³-hybridized carbons (Fsp3) is 1.00. The predicted molar refractivity (Wildman–Crippen MR) is 52.0 cm³/mol. The Labute approximate surface area is 82.3 Å². The second kappa shape index (κ2) is 4.58. The van der Waals surface area contributed by atoms with Crippen molar-refractivity contribution in [3.63, 3.8) is 0 Å². The maximum atomic E-state index is 12.3. The van der Waals surface area contributed by atoms with E-state index in [0.29, 0.717) is 6.42 Å². The van der Waals surface area contributed by atoms with Gasteiger partial charge in [-0.15, -0.1) is 0 Å². The van der Waals surface area contributed by atoms with Gasteiger partial charge in [-0.1, -0.05) is 20.8 Å². The van der Waals surface area contributed by atoms with E-state index in [9.17, 15) is 13.2 Å². The molecule has 0 aliphatic rings. The van der Waals surface area contributed by atoms with Crippen molar-refractivity contribution in [3.8, 4) is 0 Å². The lowest BCUT2D eigenvalue weighted by atomic mass is 9.90. The third-order valence-electron chi connectivity index (χ3n) is 1.81. The molecule has 1 unspecified atom stereocenters. The predicted octanol–water partition coefficient (Wildman–Crippen LogP) is 4.11. The summed E-state index contributed by atoms with van der Waals surface area (Å²) in [6.45, 7) is 5.88. The molecular weight excluding hydrogens is 197 g/mol. The van der Waals surface area contributed by atoms with Crippen LogP contribution in [0.15, 0.2) is 0 Å². The average molecular weight is 214 g/mol. The van der Waals surface area contributed by atoms with Gasteiger partial charge in [0.25, 0.3) is 0 Å². The van der Waals surface area contributed by atoms with E-state index in [1.165, 1.54) is 6.26 Å². The number of rotatable bonds is 3. The van der Waals surface area contributed by atoms with Gasteiger partial charge in [-0.25, -0.2) is 0 Å². The summed E-state index contributed by atoms with van der Waals surface area (Å²) in [4.78, 5) is 0. The summed E-state index contributed by atoms with van der Waals surface area (Å²) in [6.07, 6.45) is -1.71. The molecule has 0 spiro atoms. The first kappa shape index (κ1) is 13.1. The molecule has 1 atom stereocenters. The monoisotopic (exact) mass is 214 g/mol. The smallest absolute Gasteiger partial charge is 0.170 e. The second-order valence-electron chi connectivity index (χ2n) is 4.37. The van der Waals surface area contributed by atoms with E-state index in [2.05, 4.69) is 0 Å². The molecule has 0 saturated carbocycles. The summed E-state index contributed by atoms with van der Waals surface area (Å²) in [5.74, 6) is 0. The zero-order chi connectivity index (χ0) is 10.7. The number of alkyl halides is 3. The van der Waals surface area contributed by atoms with Crippen molar-refractivity contribution in [3.05, 3.63) is 0 Å². The van der Waals surface area contributed by atoms with Crippen LogP contribution in [0.2, 0.25) is 0 Å². The molecule has 13 heavy (non-hydrogen) atoms. The molecule has 0 amide bonds. The minimum Gasteiger partial charge on any atom is -0.170 e. The topological polar surface area (TPSA) is 0 Å². The van der Waals surface area contributed by atoms with Gasteiger partial charge >= 0.3 is 6.18 Å². The van der Waals surface area contributed by atoms with Crippen LogP contribution in [0.4, 0.5) is 13.2 Å². The van der Waals surface area contributed by atoms with Gasteiger partial charge in [0.15, 0.2) is 0 Å². The van der Waals surface area contributed by atoms with E-state index in [-0.39, 0.29) is 11.8 Å². The molecule has 0 aromatic carbocycles. The Kier molecular flexibility index (Phi) is 4.63. The Morgan fingerprint density at radius 3 is 1.85 bits per heavy atom. The zero-order valence-electron chi connectivity index (χ0n) is 8.53. The molecular formula is C9H17F3S. The summed E-state index contributed by atoms with van der Waals surface area (Å²) in [5.41, 5.74) is -0.0147. The van der Waals surface area contributed by atoms with Gasteiger partial charge in [0.05, 0.1) is 0 Å². The van der Waals surface area contributed by atoms with Gasteiger partial charge in [0.2, 0.25) is 0 Å². The lowest BCUT2D eigenvalue weighted by Crippen LogP contribution is -2.26. The van der Waals surface area contributed by atoms with Crippen LogP contribution in [0.3, 0.4) is 0 Å². The minimum atomic E-state index is -4.05. The highest BCUT2D eigenvalue weighted by Gasteiger charge is 2.39. The lowest BCUT2D eigenvalue weighted by Gasteiger charge is -2.23. The highest BCUT2D eigenvalue weighted by Crippen LogP contribution is 2.35. The standard InChI is InChI=1S/C9H17F3S/c1-8(2,3)6-5-7(13-4)9(10,11)12/h7H,5-6H2,1-4H3. The molecule has 4 heteroatoms. The molecule has 0 aromatic heterocycles. The summed E-state index contributed by atoms with van der Waals surface area (Å²) < 4.78 is 36.8. The fourth-order valence-electron chi connectivity index (χ4n) is 0.979. The molecule has 0 bridgehead atoms. The number of thioether (sulfide) groups is 1. The Bertz CT molecular complexity index is 146. The van der Waals surface area contributed by atoms with E-state index in [4.69, 9.17) is 0 Å². The van der Waals surface area contributed by atoms with Crippen LogP contribution >= 0.6 is 11.8 Å². The van der Waals surface area contributed by atoms with Crippen LogP contribution in [0.1, 0.15) is 33.6 Å². The van der Waals surface area contributed by atoms with Crippen molar-refractivity contribution in [1.29, 1.82) is 0 Å². The zero-order valence-corrected chi connectivity index (χ0v) is 9.35. The molecule has 0 heterocycles. The van der Waals surface area contributed by atoms with E-state index < -0.39 is 11.4 Å². The van der Waals surface area contributed by atoms with Crippen LogP contribution in [-0.4, -0.2) is 17.7 Å². The third kappa shape index (κ3) is 6.24. The second-order valence-corrected chi connectivity index (χ2v) is 5.41. The van der Waals surface area contributed by atoms with Crippen LogP contribution in [0.25, 0.3) is 0 Å². The van der Waals surface area contributed by atoms with E-state index in [1.54, 1.807) is 0 Å². The molecule has 0 radical (unpaired) electrons. The summed E-state index contributed by atoms with van der Waals surface area (Å²) in [6, 6.07) is 0. The third-order valence-corrected chi connectivity index (χ3v) is 2.88. The van der Waals surface area contributed by atoms with Crippen LogP contribution in [0, 0.1) is 5.41 Å².